The first kappa shape index (κ1) is 18.2. The molecule has 0 aliphatic carbocycles. The second kappa shape index (κ2) is 7.46. The maximum Gasteiger partial charge on any atom is 0.293 e. The molecule has 0 bridgehead atoms. The van der Waals surface area contributed by atoms with Crippen LogP contribution in [0.25, 0.3) is 10.9 Å². The topological polar surface area (TPSA) is 82.2 Å². The Bertz CT molecular complexity index is 1110. The minimum atomic E-state index is -0.0775. The summed E-state index contributed by atoms with van der Waals surface area (Å²) in [5.41, 5.74) is 0.529. The van der Waals surface area contributed by atoms with Gasteiger partial charge in [0.2, 0.25) is 0 Å². The van der Waals surface area contributed by atoms with Gasteiger partial charge in [0.25, 0.3) is 11.1 Å². The lowest BCUT2D eigenvalue weighted by atomic mass is 9.96. The van der Waals surface area contributed by atoms with E-state index >= 15 is 0 Å². The van der Waals surface area contributed by atoms with E-state index in [0.29, 0.717) is 34.9 Å². The van der Waals surface area contributed by atoms with Crippen molar-refractivity contribution >= 4 is 16.7 Å². The molecule has 0 spiro atoms. The molecule has 1 fully saturated rings. The lowest BCUT2D eigenvalue weighted by Gasteiger charge is -2.32. The Balaban J connectivity index is 1.48. The Kier molecular flexibility index (Phi) is 4.85. The van der Waals surface area contributed by atoms with Gasteiger partial charge < -0.3 is 14.2 Å². The van der Waals surface area contributed by atoms with Crippen LogP contribution in [0.1, 0.15) is 12.8 Å². The van der Waals surface area contributed by atoms with E-state index in [-0.39, 0.29) is 11.1 Å². The second-order valence-electron chi connectivity index (χ2n) is 7.18. The zero-order valence-electron chi connectivity index (χ0n) is 16.0. The van der Waals surface area contributed by atoms with Crippen LogP contribution in [0.15, 0.2) is 46.5 Å². The van der Waals surface area contributed by atoms with Gasteiger partial charge >= 0.3 is 0 Å². The Morgan fingerprint density at radius 2 is 1.93 bits per heavy atom. The molecule has 0 unspecified atom stereocenters. The van der Waals surface area contributed by atoms with Crippen LogP contribution in [0, 0.1) is 5.92 Å². The van der Waals surface area contributed by atoms with Gasteiger partial charge in [0.05, 0.1) is 24.3 Å². The Hall–Kier alpha value is -3.16. The predicted octanol–water partition coefficient (Wildman–Crippen LogP) is 1.42. The molecule has 0 saturated carbocycles. The molecular formula is C20H23N5O3. The van der Waals surface area contributed by atoms with Gasteiger partial charge in [-0.3, -0.25) is 14.2 Å². The molecule has 3 aromatic rings. The smallest absolute Gasteiger partial charge is 0.293 e. The average molecular weight is 381 g/mol. The minimum absolute atomic E-state index is 0.0336. The van der Waals surface area contributed by atoms with E-state index < -0.39 is 0 Å². The third-order valence-electron chi connectivity index (χ3n) is 5.40. The molecule has 1 aliphatic rings. The highest BCUT2D eigenvalue weighted by atomic mass is 16.5. The van der Waals surface area contributed by atoms with Gasteiger partial charge in [-0.05, 0) is 30.9 Å². The quantitative estimate of drug-likeness (QED) is 0.680. The van der Waals surface area contributed by atoms with Crippen molar-refractivity contribution in [2.45, 2.75) is 19.4 Å². The van der Waals surface area contributed by atoms with Gasteiger partial charge in [-0.1, -0.05) is 0 Å². The Morgan fingerprint density at radius 1 is 1.14 bits per heavy atom. The minimum Gasteiger partial charge on any atom is -0.497 e. The molecule has 1 aliphatic heterocycles. The number of rotatable bonds is 4. The summed E-state index contributed by atoms with van der Waals surface area (Å²) >= 11 is 0. The standard InChI is InChI=1S/C20H23N5O3/c1-23-10-7-21-18(20(23)27)24-8-5-14(6-9-24)12-25-13-22-17-11-15(28-2)3-4-16(17)19(25)26/h3-4,7,10-11,13-14H,5-6,8-9,12H2,1-2H3. The highest BCUT2D eigenvalue weighted by Crippen LogP contribution is 2.21. The third kappa shape index (κ3) is 3.37. The van der Waals surface area contributed by atoms with E-state index in [4.69, 9.17) is 4.74 Å². The van der Waals surface area contributed by atoms with Crippen molar-refractivity contribution < 1.29 is 4.74 Å². The van der Waals surface area contributed by atoms with Gasteiger partial charge in [-0.15, -0.1) is 0 Å². The van der Waals surface area contributed by atoms with Crippen molar-refractivity contribution in [2.75, 3.05) is 25.1 Å². The van der Waals surface area contributed by atoms with Crippen LogP contribution in [-0.4, -0.2) is 39.3 Å². The fraction of sp³-hybridized carbons (Fsp3) is 0.400. The number of ether oxygens (including phenoxy) is 1. The lowest BCUT2D eigenvalue weighted by molar-refractivity contribution is 0.350. The normalized spacial score (nSPS) is 15.1. The van der Waals surface area contributed by atoms with Crippen LogP contribution in [0.3, 0.4) is 0 Å². The van der Waals surface area contributed by atoms with Crippen LogP contribution in [0.4, 0.5) is 5.82 Å². The number of fused-ring (bicyclic) bond motifs is 1. The largest absolute Gasteiger partial charge is 0.497 e. The molecule has 0 amide bonds. The van der Waals surface area contributed by atoms with Gasteiger partial charge in [-0.2, -0.15) is 0 Å². The molecule has 146 valence electrons. The van der Waals surface area contributed by atoms with Crippen LogP contribution in [-0.2, 0) is 13.6 Å². The molecule has 1 saturated heterocycles. The number of aryl methyl sites for hydroxylation is 1. The van der Waals surface area contributed by atoms with E-state index in [1.54, 1.807) is 60.2 Å². The van der Waals surface area contributed by atoms with Gasteiger partial charge in [0, 0.05) is 45.1 Å². The molecule has 28 heavy (non-hydrogen) atoms. The fourth-order valence-corrected chi connectivity index (χ4v) is 3.70. The molecule has 3 heterocycles. The van der Waals surface area contributed by atoms with Crippen LogP contribution in [0.5, 0.6) is 5.75 Å². The van der Waals surface area contributed by atoms with E-state index in [2.05, 4.69) is 9.97 Å². The summed E-state index contributed by atoms with van der Waals surface area (Å²) < 4.78 is 8.43. The van der Waals surface area contributed by atoms with Crippen molar-refractivity contribution in [3.63, 3.8) is 0 Å². The number of anilines is 1. The third-order valence-corrected chi connectivity index (χ3v) is 5.40. The molecule has 8 nitrogen and oxygen atoms in total. The number of benzene rings is 1. The summed E-state index contributed by atoms with van der Waals surface area (Å²) in [6.07, 6.45) is 6.72. The van der Waals surface area contributed by atoms with Gasteiger partial charge in [-0.25, -0.2) is 9.97 Å². The summed E-state index contributed by atoms with van der Waals surface area (Å²) in [7, 11) is 3.32. The maximum atomic E-state index is 12.8. The zero-order valence-corrected chi connectivity index (χ0v) is 16.0. The Labute approximate surface area is 162 Å². The SMILES string of the molecule is COc1ccc2c(=O)n(CC3CCN(c4nccn(C)c4=O)CC3)cnc2c1. The number of hydrogen-bond acceptors (Lipinski definition) is 6. The molecule has 1 aromatic carbocycles. The number of aromatic nitrogens is 4. The number of hydrogen-bond donors (Lipinski definition) is 0. The van der Waals surface area contributed by atoms with Gasteiger partial charge in [0.15, 0.2) is 5.82 Å². The van der Waals surface area contributed by atoms with E-state index in [1.807, 2.05) is 4.90 Å². The van der Waals surface area contributed by atoms with Crippen LogP contribution < -0.4 is 20.8 Å². The highest BCUT2D eigenvalue weighted by Gasteiger charge is 2.23. The summed E-state index contributed by atoms with van der Waals surface area (Å²) in [5, 5.41) is 0.595. The number of methoxy groups -OCH3 is 1. The highest BCUT2D eigenvalue weighted by molar-refractivity contribution is 5.78. The van der Waals surface area contributed by atoms with Crippen molar-refractivity contribution in [2.24, 2.45) is 13.0 Å². The fourth-order valence-electron chi connectivity index (χ4n) is 3.70. The second-order valence-corrected chi connectivity index (χ2v) is 7.18. The van der Waals surface area contributed by atoms with E-state index in [9.17, 15) is 9.59 Å². The molecule has 0 N–H and O–H groups in total. The van der Waals surface area contributed by atoms with Crippen LogP contribution >= 0.6 is 0 Å². The summed E-state index contributed by atoms with van der Waals surface area (Å²) in [6, 6.07) is 5.31. The number of piperidine rings is 1. The van der Waals surface area contributed by atoms with Crippen molar-refractivity contribution in [3.05, 3.63) is 57.6 Å². The predicted molar refractivity (Wildman–Crippen MR) is 107 cm³/mol. The van der Waals surface area contributed by atoms with Gasteiger partial charge in [0.1, 0.15) is 5.75 Å². The first-order valence-electron chi connectivity index (χ1n) is 9.36. The maximum absolute atomic E-state index is 12.8. The summed E-state index contributed by atoms with van der Waals surface area (Å²) in [6.45, 7) is 2.13. The van der Waals surface area contributed by atoms with Crippen molar-refractivity contribution in [3.8, 4) is 5.75 Å². The first-order chi connectivity index (χ1) is 13.6. The molecule has 0 radical (unpaired) electrons. The van der Waals surface area contributed by atoms with E-state index in [0.717, 1.165) is 25.9 Å². The van der Waals surface area contributed by atoms with Crippen LogP contribution in [0.2, 0.25) is 0 Å². The molecule has 8 heteroatoms. The summed E-state index contributed by atoms with van der Waals surface area (Å²) in [5.74, 6) is 1.55. The van der Waals surface area contributed by atoms with Crippen molar-refractivity contribution in [1.82, 2.24) is 19.1 Å². The number of nitrogens with zero attached hydrogens (tertiary/aromatic N) is 5. The molecule has 4 rings (SSSR count). The lowest BCUT2D eigenvalue weighted by Crippen LogP contribution is -2.40. The average Bonchev–Trinajstić information content (AvgIpc) is 2.72. The molecular weight excluding hydrogens is 358 g/mol. The Morgan fingerprint density at radius 3 is 2.68 bits per heavy atom. The molecule has 0 atom stereocenters. The van der Waals surface area contributed by atoms with Crippen molar-refractivity contribution in [1.29, 1.82) is 0 Å². The summed E-state index contributed by atoms with van der Waals surface area (Å²) in [4.78, 5) is 35.7. The molecule has 2 aromatic heterocycles. The zero-order chi connectivity index (χ0) is 19.7. The first-order valence-corrected chi connectivity index (χ1v) is 9.36. The monoisotopic (exact) mass is 381 g/mol. The van der Waals surface area contributed by atoms with E-state index in [1.165, 1.54) is 0 Å².